The van der Waals surface area contributed by atoms with Crippen LogP contribution >= 0.6 is 11.6 Å². The van der Waals surface area contributed by atoms with Gasteiger partial charge in [-0.3, -0.25) is 10.1 Å². The molecule has 0 unspecified atom stereocenters. The monoisotopic (exact) mass is 419 g/mol. The lowest BCUT2D eigenvalue weighted by Crippen LogP contribution is -2.26. The predicted molar refractivity (Wildman–Crippen MR) is 110 cm³/mol. The fourth-order valence-electron chi connectivity index (χ4n) is 2.70. The van der Waals surface area contributed by atoms with E-state index in [4.69, 9.17) is 11.6 Å². The molecule has 0 saturated heterocycles. The summed E-state index contributed by atoms with van der Waals surface area (Å²) in [5, 5.41) is 15.8. The van der Waals surface area contributed by atoms with Crippen LogP contribution in [0.1, 0.15) is 6.42 Å². The average molecular weight is 420 g/mol. The number of halogens is 1. The van der Waals surface area contributed by atoms with E-state index in [2.05, 4.69) is 10.0 Å². The number of sulfonamides is 1. The number of nitro benzene ring substituents is 1. The van der Waals surface area contributed by atoms with Gasteiger partial charge < -0.3 is 5.32 Å². The highest BCUT2D eigenvalue weighted by Gasteiger charge is 2.14. The summed E-state index contributed by atoms with van der Waals surface area (Å²) >= 11 is 6.01. The second-order valence-corrected chi connectivity index (χ2v) is 8.28. The Morgan fingerprint density at radius 3 is 2.43 bits per heavy atom. The van der Waals surface area contributed by atoms with Crippen LogP contribution in [0.2, 0.25) is 5.02 Å². The summed E-state index contributed by atoms with van der Waals surface area (Å²) in [5.41, 5.74) is 0.475. The first-order chi connectivity index (χ1) is 13.4. The molecule has 0 bridgehead atoms. The van der Waals surface area contributed by atoms with Crippen molar-refractivity contribution >= 4 is 43.8 Å². The Morgan fingerprint density at radius 2 is 1.71 bits per heavy atom. The van der Waals surface area contributed by atoms with E-state index in [0.717, 1.165) is 10.8 Å². The highest BCUT2D eigenvalue weighted by Crippen LogP contribution is 2.26. The molecule has 0 saturated carbocycles. The van der Waals surface area contributed by atoms with Crippen molar-refractivity contribution in [1.82, 2.24) is 4.72 Å². The van der Waals surface area contributed by atoms with Crippen LogP contribution in [0.15, 0.2) is 65.6 Å². The quantitative estimate of drug-likeness (QED) is 0.324. The molecule has 0 amide bonds. The highest BCUT2D eigenvalue weighted by molar-refractivity contribution is 7.89. The minimum absolute atomic E-state index is 0.0845. The molecule has 0 atom stereocenters. The van der Waals surface area contributed by atoms with Crippen molar-refractivity contribution in [3.63, 3.8) is 0 Å². The van der Waals surface area contributed by atoms with Crippen LogP contribution in [0.25, 0.3) is 10.8 Å². The number of nitrogens with one attached hydrogen (secondary N) is 2. The summed E-state index contributed by atoms with van der Waals surface area (Å²) in [6, 6.07) is 16.7. The minimum Gasteiger partial charge on any atom is -0.384 e. The number of non-ortho nitro benzene ring substituents is 1. The first-order valence-electron chi connectivity index (χ1n) is 8.53. The van der Waals surface area contributed by atoms with Crippen LogP contribution in [-0.4, -0.2) is 26.4 Å². The maximum absolute atomic E-state index is 12.4. The molecule has 0 spiro atoms. The zero-order valence-corrected chi connectivity index (χ0v) is 16.3. The second kappa shape index (κ2) is 8.55. The molecular formula is C19H18ClN3O4S. The molecule has 0 aliphatic rings. The molecule has 0 aromatic heterocycles. The molecule has 28 heavy (non-hydrogen) atoms. The standard InChI is InChI=1S/C19H18ClN3O4S/c20-18-13-16(23(24)25)7-9-19(18)21-10-3-11-22-28(26,27)17-8-6-14-4-1-2-5-15(14)12-17/h1-2,4-9,12-13,21-22H,3,10-11H2. The van der Waals surface area contributed by atoms with E-state index in [1.54, 1.807) is 18.2 Å². The molecule has 3 aromatic carbocycles. The van der Waals surface area contributed by atoms with Crippen LogP contribution in [0.4, 0.5) is 11.4 Å². The molecular weight excluding hydrogens is 402 g/mol. The van der Waals surface area contributed by atoms with E-state index in [9.17, 15) is 18.5 Å². The number of hydrogen-bond acceptors (Lipinski definition) is 5. The van der Waals surface area contributed by atoms with E-state index in [1.165, 1.54) is 18.2 Å². The first kappa shape index (κ1) is 20.1. The van der Waals surface area contributed by atoms with Gasteiger partial charge in [-0.15, -0.1) is 0 Å². The molecule has 9 heteroatoms. The Labute approximate surface area is 167 Å². The van der Waals surface area contributed by atoms with Crippen molar-refractivity contribution in [3.05, 3.63) is 75.8 Å². The van der Waals surface area contributed by atoms with Crippen LogP contribution in [0, 0.1) is 10.1 Å². The minimum atomic E-state index is -3.60. The third kappa shape index (κ3) is 4.78. The van der Waals surface area contributed by atoms with E-state index < -0.39 is 14.9 Å². The van der Waals surface area contributed by atoms with Crippen LogP contribution in [0.5, 0.6) is 0 Å². The molecule has 146 valence electrons. The molecule has 0 heterocycles. The van der Waals surface area contributed by atoms with Gasteiger partial charge in [0.15, 0.2) is 0 Å². The lowest BCUT2D eigenvalue weighted by atomic mass is 10.1. The zero-order valence-electron chi connectivity index (χ0n) is 14.8. The number of fused-ring (bicyclic) bond motifs is 1. The zero-order chi connectivity index (χ0) is 20.1. The molecule has 0 aliphatic heterocycles. The summed E-state index contributed by atoms with van der Waals surface area (Å²) in [6.45, 7) is 0.699. The van der Waals surface area contributed by atoms with Crippen molar-refractivity contribution in [2.75, 3.05) is 18.4 Å². The third-order valence-corrected chi connectivity index (χ3v) is 5.93. The first-order valence-corrected chi connectivity index (χ1v) is 10.4. The van der Waals surface area contributed by atoms with Crippen LogP contribution in [-0.2, 0) is 10.0 Å². The maximum Gasteiger partial charge on any atom is 0.271 e. The van der Waals surface area contributed by atoms with Crippen molar-refractivity contribution < 1.29 is 13.3 Å². The molecule has 3 aromatic rings. The van der Waals surface area contributed by atoms with Crippen LogP contribution < -0.4 is 10.0 Å². The van der Waals surface area contributed by atoms with Gasteiger partial charge >= 0.3 is 0 Å². The fourth-order valence-corrected chi connectivity index (χ4v) is 4.05. The number of nitrogens with zero attached hydrogens (tertiary/aromatic N) is 1. The molecule has 2 N–H and O–H groups in total. The maximum atomic E-state index is 12.4. The molecule has 3 rings (SSSR count). The van der Waals surface area contributed by atoms with E-state index in [1.807, 2.05) is 24.3 Å². The van der Waals surface area contributed by atoms with Crippen molar-refractivity contribution in [2.45, 2.75) is 11.3 Å². The Bertz CT molecular complexity index is 1120. The highest BCUT2D eigenvalue weighted by atomic mass is 35.5. The Hall–Kier alpha value is -2.68. The van der Waals surface area contributed by atoms with Gasteiger partial charge in [0.1, 0.15) is 0 Å². The topological polar surface area (TPSA) is 101 Å². The molecule has 7 nitrogen and oxygen atoms in total. The Kier molecular flexibility index (Phi) is 6.13. The molecule has 0 aliphatic carbocycles. The smallest absolute Gasteiger partial charge is 0.271 e. The lowest BCUT2D eigenvalue weighted by Gasteiger charge is -2.10. The lowest BCUT2D eigenvalue weighted by molar-refractivity contribution is -0.384. The summed E-state index contributed by atoms with van der Waals surface area (Å²) in [7, 11) is -3.60. The van der Waals surface area contributed by atoms with Gasteiger partial charge in [-0.1, -0.05) is 41.9 Å². The Balaban J connectivity index is 1.53. The van der Waals surface area contributed by atoms with E-state index in [-0.39, 0.29) is 22.2 Å². The number of hydrogen-bond donors (Lipinski definition) is 2. The normalized spacial score (nSPS) is 11.5. The van der Waals surface area contributed by atoms with Crippen molar-refractivity contribution in [2.24, 2.45) is 0 Å². The molecule has 0 radical (unpaired) electrons. The van der Waals surface area contributed by atoms with Gasteiger partial charge in [-0.25, -0.2) is 13.1 Å². The molecule has 0 fully saturated rings. The van der Waals surface area contributed by atoms with Gasteiger partial charge in [0.2, 0.25) is 10.0 Å². The number of nitro groups is 1. The van der Waals surface area contributed by atoms with E-state index in [0.29, 0.717) is 18.7 Å². The van der Waals surface area contributed by atoms with Gasteiger partial charge in [0.05, 0.1) is 20.5 Å². The average Bonchev–Trinajstić information content (AvgIpc) is 2.68. The summed E-state index contributed by atoms with van der Waals surface area (Å²) in [6.07, 6.45) is 0.514. The van der Waals surface area contributed by atoms with Crippen molar-refractivity contribution in [3.8, 4) is 0 Å². The largest absolute Gasteiger partial charge is 0.384 e. The van der Waals surface area contributed by atoms with Gasteiger partial charge in [-0.05, 0) is 35.4 Å². The van der Waals surface area contributed by atoms with Gasteiger partial charge in [-0.2, -0.15) is 0 Å². The van der Waals surface area contributed by atoms with E-state index >= 15 is 0 Å². The Morgan fingerprint density at radius 1 is 0.964 bits per heavy atom. The number of rotatable bonds is 8. The number of anilines is 1. The van der Waals surface area contributed by atoms with Crippen LogP contribution in [0.3, 0.4) is 0 Å². The summed E-state index contributed by atoms with van der Waals surface area (Å²) in [4.78, 5) is 10.4. The number of benzene rings is 3. The van der Waals surface area contributed by atoms with Crippen molar-refractivity contribution in [1.29, 1.82) is 0 Å². The fraction of sp³-hybridized carbons (Fsp3) is 0.158. The third-order valence-electron chi connectivity index (χ3n) is 4.16. The SMILES string of the molecule is O=[N+]([O-])c1ccc(NCCCNS(=O)(=O)c2ccc3ccccc3c2)c(Cl)c1. The second-order valence-electron chi connectivity index (χ2n) is 6.11. The predicted octanol–water partition coefficient (Wildman–Crippen LogP) is 4.18. The van der Waals surface area contributed by atoms with Gasteiger partial charge in [0, 0.05) is 25.2 Å². The summed E-state index contributed by atoms with van der Waals surface area (Å²) < 4.78 is 27.5. The summed E-state index contributed by atoms with van der Waals surface area (Å²) in [5.74, 6) is 0. The van der Waals surface area contributed by atoms with Gasteiger partial charge in [0.25, 0.3) is 5.69 Å².